The van der Waals surface area contributed by atoms with Crippen LogP contribution in [0.25, 0.3) is 10.9 Å². The first-order valence-electron chi connectivity index (χ1n) is 9.10. The van der Waals surface area contributed by atoms with Crippen LogP contribution in [0.5, 0.6) is 5.75 Å². The van der Waals surface area contributed by atoms with Crippen molar-refractivity contribution in [3.63, 3.8) is 0 Å². The van der Waals surface area contributed by atoms with Crippen molar-refractivity contribution in [1.82, 2.24) is 10.3 Å². The highest BCUT2D eigenvalue weighted by Gasteiger charge is 2.23. The number of hydrogen-bond donors (Lipinski definition) is 2. The highest BCUT2D eigenvalue weighted by atomic mass is 16.5. The number of hydrogen-bond acceptors (Lipinski definition) is 4. The maximum atomic E-state index is 12.4. The second-order valence-electron chi connectivity index (χ2n) is 6.76. The van der Waals surface area contributed by atoms with Crippen molar-refractivity contribution in [2.24, 2.45) is 0 Å². The van der Waals surface area contributed by atoms with Crippen LogP contribution in [-0.2, 0) is 20.7 Å². The average molecular weight is 380 g/mol. The van der Waals surface area contributed by atoms with E-state index >= 15 is 0 Å². The fourth-order valence-corrected chi connectivity index (χ4v) is 3.10. The van der Waals surface area contributed by atoms with E-state index in [9.17, 15) is 9.59 Å². The van der Waals surface area contributed by atoms with Gasteiger partial charge in [-0.3, -0.25) is 4.79 Å². The third-order valence-corrected chi connectivity index (χ3v) is 4.62. The number of methoxy groups -OCH3 is 1. The summed E-state index contributed by atoms with van der Waals surface area (Å²) in [5.41, 5.74) is 3.90. The maximum Gasteiger partial charge on any atom is 0.328 e. The number of rotatable bonds is 7. The van der Waals surface area contributed by atoms with Gasteiger partial charge < -0.3 is 19.8 Å². The molecule has 1 amide bonds. The van der Waals surface area contributed by atoms with E-state index in [0.29, 0.717) is 12.2 Å². The van der Waals surface area contributed by atoms with E-state index in [1.165, 1.54) is 7.11 Å². The minimum atomic E-state index is -0.793. The van der Waals surface area contributed by atoms with Crippen molar-refractivity contribution >= 4 is 22.8 Å². The van der Waals surface area contributed by atoms with Gasteiger partial charge in [0.2, 0.25) is 0 Å². The third kappa shape index (κ3) is 4.52. The number of fused-ring (bicyclic) bond motifs is 1. The Morgan fingerprint density at radius 3 is 2.71 bits per heavy atom. The lowest BCUT2D eigenvalue weighted by molar-refractivity contribution is -0.145. The number of nitrogens with one attached hydrogen (secondary N) is 2. The van der Waals surface area contributed by atoms with Crippen LogP contribution in [0.15, 0.2) is 48.7 Å². The number of aromatic nitrogens is 1. The summed E-state index contributed by atoms with van der Waals surface area (Å²) < 4.78 is 10.5. The minimum absolute atomic E-state index is 0.175. The zero-order valence-electron chi connectivity index (χ0n) is 16.2. The molecular weight excluding hydrogens is 356 g/mol. The second-order valence-corrected chi connectivity index (χ2v) is 6.76. The molecule has 3 aromatic rings. The Bertz CT molecular complexity index is 993. The topological polar surface area (TPSA) is 80.4 Å². The van der Waals surface area contributed by atoms with Crippen molar-refractivity contribution < 1.29 is 19.1 Å². The largest absolute Gasteiger partial charge is 0.483 e. The molecule has 0 saturated heterocycles. The van der Waals surface area contributed by atoms with E-state index < -0.39 is 12.0 Å². The van der Waals surface area contributed by atoms with Gasteiger partial charge in [0, 0.05) is 23.5 Å². The van der Waals surface area contributed by atoms with Crippen LogP contribution in [0.1, 0.15) is 16.7 Å². The molecule has 6 heteroatoms. The molecule has 3 rings (SSSR count). The third-order valence-electron chi connectivity index (χ3n) is 4.62. The first kappa shape index (κ1) is 19.5. The van der Waals surface area contributed by atoms with Gasteiger partial charge in [0.25, 0.3) is 5.91 Å². The second kappa shape index (κ2) is 8.61. The van der Waals surface area contributed by atoms with Crippen molar-refractivity contribution in [2.45, 2.75) is 26.3 Å². The molecule has 0 fully saturated rings. The van der Waals surface area contributed by atoms with Crippen LogP contribution >= 0.6 is 0 Å². The smallest absolute Gasteiger partial charge is 0.328 e. The molecule has 1 aromatic heterocycles. The van der Waals surface area contributed by atoms with E-state index in [2.05, 4.69) is 10.3 Å². The molecule has 2 aromatic carbocycles. The van der Waals surface area contributed by atoms with Crippen molar-refractivity contribution in [3.05, 3.63) is 65.4 Å². The summed E-state index contributed by atoms with van der Waals surface area (Å²) in [6.45, 7) is 3.70. The Labute approximate surface area is 163 Å². The Kier molecular flexibility index (Phi) is 5.99. The number of amides is 1. The fraction of sp³-hybridized carbons (Fsp3) is 0.273. The van der Waals surface area contributed by atoms with Gasteiger partial charge in [-0.25, -0.2) is 4.79 Å². The van der Waals surface area contributed by atoms with Gasteiger partial charge >= 0.3 is 5.97 Å². The van der Waals surface area contributed by atoms with Gasteiger partial charge in [0.05, 0.1) is 7.11 Å². The molecular formula is C22H24N2O4. The lowest BCUT2D eigenvalue weighted by Gasteiger charge is -2.17. The van der Waals surface area contributed by atoms with E-state index in [1.807, 2.05) is 62.5 Å². The number of aromatic amines is 1. The Balaban J connectivity index is 1.67. The number of carbonyl (C=O) groups is 2. The molecule has 6 nitrogen and oxygen atoms in total. The average Bonchev–Trinajstić information content (AvgIpc) is 3.10. The van der Waals surface area contributed by atoms with Crippen LogP contribution in [0.3, 0.4) is 0 Å². The zero-order chi connectivity index (χ0) is 20.1. The van der Waals surface area contributed by atoms with Crippen LogP contribution < -0.4 is 10.1 Å². The fourth-order valence-electron chi connectivity index (χ4n) is 3.10. The summed E-state index contributed by atoms with van der Waals surface area (Å²) >= 11 is 0. The first-order valence-corrected chi connectivity index (χ1v) is 9.10. The standard InChI is InChI=1S/C22H24N2O4/c1-14-8-9-15(2)20(10-14)28-13-21(25)24-19(22(26)27-3)11-16-12-23-18-7-5-4-6-17(16)18/h4-10,12,19,23H,11,13H2,1-3H3,(H,24,25)/t19-/m1/s1. The molecule has 146 valence electrons. The van der Waals surface area contributed by atoms with Gasteiger partial charge in [-0.2, -0.15) is 0 Å². The number of esters is 1. The Morgan fingerprint density at radius 1 is 1.14 bits per heavy atom. The SMILES string of the molecule is COC(=O)[C@@H](Cc1c[nH]c2ccccc12)NC(=O)COc1cc(C)ccc1C. The maximum absolute atomic E-state index is 12.4. The van der Waals surface area contributed by atoms with Crippen LogP contribution in [0.4, 0.5) is 0 Å². The predicted octanol–water partition coefficient (Wildman–Crippen LogP) is 3.06. The number of aryl methyl sites for hydroxylation is 2. The van der Waals surface area contributed by atoms with Crippen LogP contribution in [0.2, 0.25) is 0 Å². The van der Waals surface area contributed by atoms with Crippen molar-refractivity contribution in [3.8, 4) is 5.75 Å². The first-order chi connectivity index (χ1) is 13.5. The zero-order valence-corrected chi connectivity index (χ0v) is 16.2. The number of ether oxygens (including phenoxy) is 2. The molecule has 0 aliphatic rings. The molecule has 0 bridgehead atoms. The summed E-state index contributed by atoms with van der Waals surface area (Å²) in [5, 5.41) is 3.73. The van der Waals surface area contributed by atoms with Gasteiger partial charge in [-0.1, -0.05) is 30.3 Å². The molecule has 0 spiro atoms. The highest BCUT2D eigenvalue weighted by Crippen LogP contribution is 2.20. The number of carbonyl (C=O) groups excluding carboxylic acids is 2. The van der Waals surface area contributed by atoms with Gasteiger partial charge in [-0.05, 0) is 42.7 Å². The molecule has 0 aliphatic heterocycles. The van der Waals surface area contributed by atoms with E-state index in [0.717, 1.165) is 27.6 Å². The number of H-pyrrole nitrogens is 1. The lowest BCUT2D eigenvalue weighted by Crippen LogP contribution is -2.44. The highest BCUT2D eigenvalue weighted by molar-refractivity contribution is 5.87. The summed E-state index contributed by atoms with van der Waals surface area (Å²) in [7, 11) is 1.31. The van der Waals surface area contributed by atoms with Crippen LogP contribution in [0, 0.1) is 13.8 Å². The summed E-state index contributed by atoms with van der Waals surface area (Å²) in [4.78, 5) is 27.8. The summed E-state index contributed by atoms with van der Waals surface area (Å²) in [5.74, 6) is -0.220. The van der Waals surface area contributed by atoms with E-state index in [-0.39, 0.29) is 12.5 Å². The Morgan fingerprint density at radius 2 is 1.93 bits per heavy atom. The van der Waals surface area contributed by atoms with E-state index in [1.54, 1.807) is 0 Å². The molecule has 28 heavy (non-hydrogen) atoms. The van der Waals surface area contributed by atoms with Gasteiger partial charge in [0.15, 0.2) is 6.61 Å². The molecule has 1 atom stereocenters. The normalized spacial score (nSPS) is 11.8. The predicted molar refractivity (Wildman–Crippen MR) is 107 cm³/mol. The van der Waals surface area contributed by atoms with Gasteiger partial charge in [0.1, 0.15) is 11.8 Å². The minimum Gasteiger partial charge on any atom is -0.483 e. The molecule has 0 saturated carbocycles. The quantitative estimate of drug-likeness (QED) is 0.618. The lowest BCUT2D eigenvalue weighted by atomic mass is 10.0. The molecule has 1 heterocycles. The monoisotopic (exact) mass is 380 g/mol. The van der Waals surface area contributed by atoms with E-state index in [4.69, 9.17) is 9.47 Å². The molecule has 0 unspecified atom stereocenters. The van der Waals surface area contributed by atoms with Crippen LogP contribution in [-0.4, -0.2) is 36.6 Å². The molecule has 0 aliphatic carbocycles. The van der Waals surface area contributed by atoms with Crippen molar-refractivity contribution in [2.75, 3.05) is 13.7 Å². The molecule has 0 radical (unpaired) electrons. The Hall–Kier alpha value is -3.28. The number of para-hydroxylation sites is 1. The van der Waals surface area contributed by atoms with Gasteiger partial charge in [-0.15, -0.1) is 0 Å². The number of benzene rings is 2. The summed E-state index contributed by atoms with van der Waals surface area (Å²) in [6, 6.07) is 12.8. The molecule has 2 N–H and O–H groups in total. The van der Waals surface area contributed by atoms with Crippen molar-refractivity contribution in [1.29, 1.82) is 0 Å². The summed E-state index contributed by atoms with van der Waals surface area (Å²) in [6.07, 6.45) is 2.17.